The molecule has 0 unspecified atom stereocenters. The Morgan fingerprint density at radius 3 is 2.63 bits per heavy atom. The molecule has 0 radical (unpaired) electrons. The zero-order valence-corrected chi connectivity index (χ0v) is 14.1. The topological polar surface area (TPSA) is 114 Å². The number of aromatic nitrogens is 2. The van der Waals surface area contributed by atoms with Crippen LogP contribution < -0.4 is 11.1 Å². The highest BCUT2D eigenvalue weighted by Crippen LogP contribution is 2.36. The Bertz CT molecular complexity index is 1010. The maximum Gasteiger partial charge on any atom is 0.433 e. The van der Waals surface area contributed by atoms with Gasteiger partial charge < -0.3 is 20.6 Å². The number of amides is 1. The number of pyridine rings is 1. The van der Waals surface area contributed by atoms with Crippen LogP contribution in [0, 0.1) is 0 Å². The third-order valence-electron chi connectivity index (χ3n) is 3.79. The van der Waals surface area contributed by atoms with Gasteiger partial charge in [-0.3, -0.25) is 4.79 Å². The van der Waals surface area contributed by atoms with Gasteiger partial charge in [0.1, 0.15) is 17.0 Å². The van der Waals surface area contributed by atoms with Crippen LogP contribution in [0.5, 0.6) is 5.75 Å². The third kappa shape index (κ3) is 3.43. The molecule has 0 spiro atoms. The van der Waals surface area contributed by atoms with Crippen molar-refractivity contribution in [2.75, 3.05) is 6.54 Å². The van der Waals surface area contributed by atoms with E-state index >= 15 is 0 Å². The third-order valence-corrected chi connectivity index (χ3v) is 3.79. The molecule has 0 bridgehead atoms. The van der Waals surface area contributed by atoms with Gasteiger partial charge in [-0.05, 0) is 31.2 Å². The summed E-state index contributed by atoms with van der Waals surface area (Å²) in [5.41, 5.74) is 4.46. The first-order valence-corrected chi connectivity index (χ1v) is 7.94. The van der Waals surface area contributed by atoms with Crippen molar-refractivity contribution < 1.29 is 27.5 Å². The van der Waals surface area contributed by atoms with E-state index in [-0.39, 0.29) is 40.4 Å². The van der Waals surface area contributed by atoms with E-state index in [1.54, 1.807) is 6.92 Å². The van der Waals surface area contributed by atoms with Crippen molar-refractivity contribution in [1.82, 2.24) is 15.3 Å². The first kappa shape index (κ1) is 18.6. The van der Waals surface area contributed by atoms with E-state index in [4.69, 9.17) is 10.2 Å². The number of halogens is 3. The Kier molecular flexibility index (Phi) is 4.75. The number of alkyl halides is 3. The van der Waals surface area contributed by atoms with Crippen molar-refractivity contribution in [1.29, 1.82) is 0 Å². The van der Waals surface area contributed by atoms with Crippen LogP contribution in [0.2, 0.25) is 0 Å². The van der Waals surface area contributed by atoms with E-state index in [1.807, 2.05) is 0 Å². The van der Waals surface area contributed by atoms with Crippen molar-refractivity contribution in [2.24, 2.45) is 5.73 Å². The first-order valence-electron chi connectivity index (χ1n) is 7.94. The number of nitrogens with one attached hydrogen (secondary N) is 1. The molecule has 2 heterocycles. The summed E-state index contributed by atoms with van der Waals surface area (Å²) in [5.74, 6) is -0.775. The molecular formula is C17H15F3N4O3. The van der Waals surface area contributed by atoms with Crippen LogP contribution in [0.3, 0.4) is 0 Å². The fourth-order valence-corrected chi connectivity index (χ4v) is 2.57. The molecule has 0 saturated heterocycles. The van der Waals surface area contributed by atoms with Crippen LogP contribution in [-0.2, 0) is 12.7 Å². The van der Waals surface area contributed by atoms with Gasteiger partial charge in [-0.15, -0.1) is 0 Å². The number of rotatable bonds is 4. The maximum atomic E-state index is 12.9. The zero-order chi connectivity index (χ0) is 19.8. The summed E-state index contributed by atoms with van der Waals surface area (Å²) < 4.78 is 44.2. The number of nitrogens with two attached hydrogens (primary N) is 1. The van der Waals surface area contributed by atoms with E-state index in [0.29, 0.717) is 6.54 Å². The number of hydrogen-bond donors (Lipinski definition) is 3. The van der Waals surface area contributed by atoms with Gasteiger partial charge in [0.15, 0.2) is 11.5 Å². The fourth-order valence-electron chi connectivity index (χ4n) is 2.57. The number of nitrogens with zero attached hydrogens (tertiary/aromatic N) is 2. The number of fused-ring (bicyclic) bond motifs is 1. The van der Waals surface area contributed by atoms with Crippen LogP contribution in [-0.4, -0.2) is 27.5 Å². The fraction of sp³-hybridized carbons (Fsp3) is 0.235. The highest BCUT2D eigenvalue weighted by Gasteiger charge is 2.33. The van der Waals surface area contributed by atoms with Gasteiger partial charge in [0, 0.05) is 17.5 Å². The molecule has 2 aromatic heterocycles. The minimum Gasteiger partial charge on any atom is -0.506 e. The summed E-state index contributed by atoms with van der Waals surface area (Å²) in [5, 5.41) is 12.7. The minimum absolute atomic E-state index is 0.00422. The SMILES string of the molecule is CCNC(=O)c1nc(-c2ccc(O)c3nc(C(F)(F)F)ccc23)oc1CN. The Labute approximate surface area is 151 Å². The highest BCUT2D eigenvalue weighted by molar-refractivity contribution is 5.98. The van der Waals surface area contributed by atoms with E-state index < -0.39 is 23.5 Å². The molecule has 142 valence electrons. The quantitative estimate of drug-likeness (QED) is 0.641. The van der Waals surface area contributed by atoms with Crippen molar-refractivity contribution in [2.45, 2.75) is 19.6 Å². The zero-order valence-electron chi connectivity index (χ0n) is 14.1. The molecule has 10 heteroatoms. The van der Waals surface area contributed by atoms with Gasteiger partial charge in [0.25, 0.3) is 5.91 Å². The second-order valence-corrected chi connectivity index (χ2v) is 5.58. The van der Waals surface area contributed by atoms with Gasteiger partial charge in [0.05, 0.1) is 6.54 Å². The van der Waals surface area contributed by atoms with E-state index in [0.717, 1.165) is 12.1 Å². The van der Waals surface area contributed by atoms with Gasteiger partial charge >= 0.3 is 6.18 Å². The molecule has 0 aliphatic carbocycles. The molecule has 0 aliphatic heterocycles. The Hall–Kier alpha value is -3.14. The van der Waals surface area contributed by atoms with Crippen LogP contribution in [0.15, 0.2) is 28.7 Å². The molecule has 0 aliphatic rings. The number of phenolic OH excluding ortho intramolecular Hbond substituents is 1. The second kappa shape index (κ2) is 6.88. The number of carbonyl (C=O) groups is 1. The lowest BCUT2D eigenvalue weighted by Gasteiger charge is -2.09. The molecule has 1 aromatic carbocycles. The minimum atomic E-state index is -4.66. The average molecular weight is 380 g/mol. The number of aromatic hydroxyl groups is 1. The van der Waals surface area contributed by atoms with Crippen LogP contribution in [0.4, 0.5) is 13.2 Å². The molecule has 3 rings (SSSR count). The smallest absolute Gasteiger partial charge is 0.433 e. The summed E-state index contributed by atoms with van der Waals surface area (Å²) in [4.78, 5) is 19.7. The lowest BCUT2D eigenvalue weighted by atomic mass is 10.1. The maximum absolute atomic E-state index is 12.9. The Balaban J connectivity index is 2.18. The summed E-state index contributed by atoms with van der Waals surface area (Å²) in [6, 6.07) is 4.56. The van der Waals surface area contributed by atoms with Gasteiger partial charge in [-0.1, -0.05) is 0 Å². The molecule has 0 saturated carbocycles. The van der Waals surface area contributed by atoms with E-state index in [2.05, 4.69) is 15.3 Å². The van der Waals surface area contributed by atoms with E-state index in [9.17, 15) is 23.1 Å². The van der Waals surface area contributed by atoms with E-state index in [1.165, 1.54) is 12.1 Å². The van der Waals surface area contributed by atoms with Crippen molar-refractivity contribution in [3.63, 3.8) is 0 Å². The summed E-state index contributed by atoms with van der Waals surface area (Å²) in [6.07, 6.45) is -4.66. The molecule has 0 fully saturated rings. The standard InChI is InChI=1S/C17H15F3N4O3/c1-2-22-15(26)14-11(7-21)27-16(24-14)9-3-5-10(25)13-8(9)4-6-12(23-13)17(18,19)20/h3-6,25H,2,7,21H2,1H3,(H,22,26). The summed E-state index contributed by atoms with van der Waals surface area (Å²) >= 11 is 0. The largest absolute Gasteiger partial charge is 0.506 e. The molecule has 27 heavy (non-hydrogen) atoms. The lowest BCUT2D eigenvalue weighted by molar-refractivity contribution is -0.140. The summed E-state index contributed by atoms with van der Waals surface area (Å²) in [7, 11) is 0. The number of carbonyl (C=O) groups excluding carboxylic acids is 1. The Morgan fingerprint density at radius 2 is 2.00 bits per heavy atom. The van der Waals surface area contributed by atoms with Gasteiger partial charge in [0.2, 0.25) is 5.89 Å². The van der Waals surface area contributed by atoms with Gasteiger partial charge in [-0.2, -0.15) is 13.2 Å². The predicted octanol–water partition coefficient (Wildman–Crippen LogP) is 2.82. The van der Waals surface area contributed by atoms with Crippen molar-refractivity contribution >= 4 is 16.8 Å². The first-order chi connectivity index (χ1) is 12.8. The number of phenols is 1. The second-order valence-electron chi connectivity index (χ2n) is 5.58. The number of hydrogen-bond acceptors (Lipinski definition) is 6. The number of benzene rings is 1. The molecular weight excluding hydrogens is 365 g/mol. The molecule has 1 amide bonds. The van der Waals surface area contributed by atoms with Crippen molar-refractivity contribution in [3.8, 4) is 17.2 Å². The highest BCUT2D eigenvalue weighted by atomic mass is 19.4. The molecule has 7 nitrogen and oxygen atoms in total. The molecule has 4 N–H and O–H groups in total. The van der Waals surface area contributed by atoms with Crippen LogP contribution >= 0.6 is 0 Å². The monoisotopic (exact) mass is 380 g/mol. The average Bonchev–Trinajstić information content (AvgIpc) is 3.05. The number of oxazole rings is 1. The van der Waals surface area contributed by atoms with Crippen LogP contribution in [0.25, 0.3) is 22.4 Å². The lowest BCUT2D eigenvalue weighted by Crippen LogP contribution is -2.24. The van der Waals surface area contributed by atoms with Crippen molar-refractivity contribution in [3.05, 3.63) is 41.4 Å². The summed E-state index contributed by atoms with van der Waals surface area (Å²) in [6.45, 7) is 2.02. The molecule has 3 aromatic rings. The normalized spacial score (nSPS) is 11.7. The van der Waals surface area contributed by atoms with Crippen LogP contribution in [0.1, 0.15) is 28.9 Å². The Morgan fingerprint density at radius 1 is 1.26 bits per heavy atom. The van der Waals surface area contributed by atoms with Gasteiger partial charge in [-0.25, -0.2) is 9.97 Å². The molecule has 0 atom stereocenters. The predicted molar refractivity (Wildman–Crippen MR) is 89.8 cm³/mol.